The van der Waals surface area contributed by atoms with Crippen LogP contribution in [-0.2, 0) is 4.74 Å². The van der Waals surface area contributed by atoms with Gasteiger partial charge in [0.05, 0.1) is 35.1 Å². The van der Waals surface area contributed by atoms with E-state index in [0.29, 0.717) is 59.0 Å². The Morgan fingerprint density at radius 2 is 1.69 bits per heavy atom. The van der Waals surface area contributed by atoms with Gasteiger partial charge in [-0.1, -0.05) is 29.3 Å². The van der Waals surface area contributed by atoms with E-state index in [0.717, 1.165) is 0 Å². The largest absolute Gasteiger partial charge is 0.378 e. The summed E-state index contributed by atoms with van der Waals surface area (Å²) in [6, 6.07) is 12.2. The van der Waals surface area contributed by atoms with Crippen molar-refractivity contribution in [3.63, 3.8) is 0 Å². The van der Waals surface area contributed by atoms with E-state index >= 15 is 0 Å². The second-order valence-corrected chi connectivity index (χ2v) is 7.91. The molecule has 0 bridgehead atoms. The summed E-state index contributed by atoms with van der Waals surface area (Å²) in [5.74, 6) is -0.402. The van der Waals surface area contributed by atoms with E-state index in [4.69, 9.17) is 27.9 Å². The van der Waals surface area contributed by atoms with E-state index in [9.17, 15) is 9.59 Å². The first-order valence-electron chi connectivity index (χ1n) is 9.98. The fourth-order valence-electron chi connectivity index (χ4n) is 3.37. The van der Waals surface area contributed by atoms with Gasteiger partial charge < -0.3 is 20.3 Å². The van der Waals surface area contributed by atoms with E-state index < -0.39 is 0 Å². The van der Waals surface area contributed by atoms with Crippen LogP contribution in [0.1, 0.15) is 20.8 Å². The summed E-state index contributed by atoms with van der Waals surface area (Å²) in [7, 11) is 1.53. The van der Waals surface area contributed by atoms with Crippen LogP contribution in [0.3, 0.4) is 0 Å². The molecule has 8 nitrogen and oxygen atoms in total. The second-order valence-electron chi connectivity index (χ2n) is 7.09. The van der Waals surface area contributed by atoms with Crippen molar-refractivity contribution >= 4 is 46.4 Å². The first kappa shape index (κ1) is 22.1. The van der Waals surface area contributed by atoms with Crippen molar-refractivity contribution in [2.45, 2.75) is 0 Å². The molecule has 32 heavy (non-hydrogen) atoms. The number of aromatic nitrogens is 2. The number of hydrogen-bond acceptors (Lipinski definition) is 5. The van der Waals surface area contributed by atoms with Crippen LogP contribution < -0.4 is 10.6 Å². The number of carbonyl (C=O) groups is 2. The summed E-state index contributed by atoms with van der Waals surface area (Å²) in [6.07, 6.45) is 1.64. The maximum absolute atomic E-state index is 12.6. The Morgan fingerprint density at radius 3 is 2.31 bits per heavy atom. The van der Waals surface area contributed by atoms with Crippen LogP contribution in [0.4, 0.5) is 11.4 Å². The van der Waals surface area contributed by atoms with Gasteiger partial charge in [-0.15, -0.1) is 0 Å². The normalized spacial score (nSPS) is 13.7. The van der Waals surface area contributed by atoms with Crippen LogP contribution in [0.5, 0.6) is 0 Å². The number of rotatable bonds is 5. The molecule has 1 fully saturated rings. The lowest BCUT2D eigenvalue weighted by Gasteiger charge is -2.26. The molecular formula is C22H21Cl2N5O3. The zero-order valence-corrected chi connectivity index (χ0v) is 18.8. The van der Waals surface area contributed by atoms with Crippen LogP contribution in [0.25, 0.3) is 5.69 Å². The van der Waals surface area contributed by atoms with Crippen LogP contribution in [0, 0.1) is 0 Å². The molecular weight excluding hydrogens is 453 g/mol. The molecule has 1 aromatic heterocycles. The molecule has 3 aromatic rings. The van der Waals surface area contributed by atoms with E-state index in [1.807, 2.05) is 0 Å². The van der Waals surface area contributed by atoms with Gasteiger partial charge in [0, 0.05) is 31.4 Å². The molecule has 0 spiro atoms. The lowest BCUT2D eigenvalue weighted by atomic mass is 10.1. The zero-order valence-electron chi connectivity index (χ0n) is 17.3. The highest BCUT2D eigenvalue weighted by Crippen LogP contribution is 2.30. The van der Waals surface area contributed by atoms with Gasteiger partial charge in [-0.3, -0.25) is 9.59 Å². The van der Waals surface area contributed by atoms with Gasteiger partial charge in [-0.2, -0.15) is 5.10 Å². The number of nitrogens with zero attached hydrogens (tertiary/aromatic N) is 3. The van der Waals surface area contributed by atoms with Gasteiger partial charge in [0.1, 0.15) is 5.69 Å². The van der Waals surface area contributed by atoms with E-state index in [2.05, 4.69) is 15.7 Å². The summed E-state index contributed by atoms with van der Waals surface area (Å²) in [4.78, 5) is 26.8. The fraction of sp³-hybridized carbons (Fsp3) is 0.227. The maximum atomic E-state index is 12.6. The number of nitrogens with one attached hydrogen (secondary N) is 2. The molecule has 166 valence electrons. The molecule has 0 saturated carbocycles. The van der Waals surface area contributed by atoms with Crippen molar-refractivity contribution in [1.82, 2.24) is 20.0 Å². The first-order chi connectivity index (χ1) is 15.5. The third-order valence-corrected chi connectivity index (χ3v) is 5.64. The third-order valence-electron chi connectivity index (χ3n) is 5.03. The number of ether oxygens (including phenoxy) is 1. The first-order valence-corrected chi connectivity index (χ1v) is 10.7. The molecule has 4 rings (SSSR count). The van der Waals surface area contributed by atoms with Gasteiger partial charge in [-0.05, 0) is 36.4 Å². The SMILES string of the molecule is CNC(=O)c1nn(-c2c(Cl)cccc2Cl)cc1Nc1ccc(C(=O)N2CCOCC2)cc1. The number of anilines is 2. The average Bonchev–Trinajstić information content (AvgIpc) is 3.22. The number of halogens is 2. The van der Waals surface area contributed by atoms with Crippen molar-refractivity contribution < 1.29 is 14.3 Å². The fourth-order valence-corrected chi connectivity index (χ4v) is 3.95. The molecule has 0 radical (unpaired) electrons. The van der Waals surface area contributed by atoms with Crippen molar-refractivity contribution in [3.8, 4) is 5.69 Å². The molecule has 2 heterocycles. The molecule has 2 aromatic carbocycles. The van der Waals surface area contributed by atoms with Gasteiger partial charge in [0.15, 0.2) is 5.69 Å². The summed E-state index contributed by atoms with van der Waals surface area (Å²) in [5.41, 5.74) is 2.39. The quantitative estimate of drug-likeness (QED) is 0.588. The molecule has 0 aliphatic carbocycles. The number of benzene rings is 2. The molecule has 2 N–H and O–H groups in total. The molecule has 2 amide bonds. The van der Waals surface area contributed by atoms with E-state index in [-0.39, 0.29) is 17.5 Å². The number of amides is 2. The standard InChI is InChI=1S/C22H21Cl2N5O3/c1-25-21(30)19-18(13-29(27-19)20-16(23)3-2-4-17(20)24)26-15-7-5-14(6-8-15)22(31)28-9-11-32-12-10-28/h2-8,13,26H,9-12H2,1H3,(H,25,30). The van der Waals surface area contributed by atoms with Crippen molar-refractivity contribution in [2.75, 3.05) is 38.7 Å². The Kier molecular flexibility index (Phi) is 6.64. The van der Waals surface area contributed by atoms with Gasteiger partial charge in [-0.25, -0.2) is 4.68 Å². The topological polar surface area (TPSA) is 88.5 Å². The highest BCUT2D eigenvalue weighted by Gasteiger charge is 2.20. The lowest BCUT2D eigenvalue weighted by molar-refractivity contribution is 0.0303. The monoisotopic (exact) mass is 473 g/mol. The Bertz CT molecular complexity index is 1120. The average molecular weight is 474 g/mol. The van der Waals surface area contributed by atoms with Crippen LogP contribution in [-0.4, -0.2) is 59.8 Å². The Labute approximate surface area is 195 Å². The molecule has 0 atom stereocenters. The van der Waals surface area contributed by atoms with Gasteiger partial charge in [0.2, 0.25) is 0 Å². The zero-order chi connectivity index (χ0) is 22.7. The number of morpholine rings is 1. The number of para-hydroxylation sites is 1. The van der Waals surface area contributed by atoms with Crippen molar-refractivity contribution in [2.24, 2.45) is 0 Å². The lowest BCUT2D eigenvalue weighted by Crippen LogP contribution is -2.40. The second kappa shape index (κ2) is 9.60. The molecule has 0 unspecified atom stereocenters. The van der Waals surface area contributed by atoms with Crippen molar-refractivity contribution in [1.29, 1.82) is 0 Å². The Balaban J connectivity index is 1.60. The van der Waals surface area contributed by atoms with Crippen LogP contribution >= 0.6 is 23.2 Å². The summed E-state index contributed by atoms with van der Waals surface area (Å²) in [5, 5.41) is 11.0. The van der Waals surface area contributed by atoms with Crippen LogP contribution in [0.2, 0.25) is 10.0 Å². The Morgan fingerprint density at radius 1 is 1.03 bits per heavy atom. The Hall–Kier alpha value is -3.07. The number of hydrogen-bond donors (Lipinski definition) is 2. The van der Waals surface area contributed by atoms with Crippen LogP contribution in [0.15, 0.2) is 48.7 Å². The predicted octanol–water partition coefficient (Wildman–Crippen LogP) is 3.75. The minimum Gasteiger partial charge on any atom is -0.378 e. The van der Waals surface area contributed by atoms with Gasteiger partial charge >= 0.3 is 0 Å². The predicted molar refractivity (Wildman–Crippen MR) is 123 cm³/mol. The minimum atomic E-state index is -0.367. The van der Waals surface area contributed by atoms with E-state index in [1.54, 1.807) is 53.6 Å². The summed E-state index contributed by atoms with van der Waals surface area (Å²) in [6.45, 7) is 2.26. The molecule has 1 saturated heterocycles. The maximum Gasteiger partial charge on any atom is 0.273 e. The van der Waals surface area contributed by atoms with E-state index in [1.165, 1.54) is 11.7 Å². The smallest absolute Gasteiger partial charge is 0.273 e. The molecule has 10 heteroatoms. The highest BCUT2D eigenvalue weighted by molar-refractivity contribution is 6.37. The third kappa shape index (κ3) is 4.57. The molecule has 1 aliphatic rings. The highest BCUT2D eigenvalue weighted by atomic mass is 35.5. The minimum absolute atomic E-state index is 0.0351. The van der Waals surface area contributed by atoms with Crippen molar-refractivity contribution in [3.05, 3.63) is 70.0 Å². The van der Waals surface area contributed by atoms with Gasteiger partial charge in [0.25, 0.3) is 11.8 Å². The number of carbonyl (C=O) groups excluding carboxylic acids is 2. The molecule has 1 aliphatic heterocycles. The summed E-state index contributed by atoms with van der Waals surface area (Å²) < 4.78 is 6.76. The summed E-state index contributed by atoms with van der Waals surface area (Å²) >= 11 is 12.6.